The number of nitrogens with zero attached hydrogens (tertiary/aromatic N) is 2. The molecule has 1 aromatic heterocycles. The molecule has 0 atom stereocenters. The molecule has 0 aliphatic carbocycles. The lowest BCUT2D eigenvalue weighted by molar-refractivity contribution is 0.112. The van der Waals surface area contributed by atoms with Gasteiger partial charge in [0.2, 0.25) is 0 Å². The van der Waals surface area contributed by atoms with Crippen molar-refractivity contribution in [2.24, 2.45) is 0 Å². The molecule has 2 aromatic rings. The van der Waals surface area contributed by atoms with Gasteiger partial charge in [0.05, 0.1) is 4.47 Å². The largest absolute Gasteiger partial charge is 0.298 e. The van der Waals surface area contributed by atoms with E-state index in [1.165, 1.54) is 0 Å². The minimum absolute atomic E-state index is 0.580. The van der Waals surface area contributed by atoms with Crippen LogP contribution in [-0.4, -0.2) is 21.7 Å². The first-order valence-electron chi connectivity index (χ1n) is 3.27. The Morgan fingerprint density at radius 3 is 3.00 bits per heavy atom. The monoisotopic (exact) mass is 225 g/mol. The van der Waals surface area contributed by atoms with Crippen LogP contribution in [0.25, 0.3) is 11.0 Å². The summed E-state index contributed by atoms with van der Waals surface area (Å²) in [5.74, 6) is 0. The molecule has 1 N–H and O–H groups in total. The van der Waals surface area contributed by atoms with Gasteiger partial charge >= 0.3 is 0 Å². The molecule has 12 heavy (non-hydrogen) atoms. The summed E-state index contributed by atoms with van der Waals surface area (Å²) in [5, 5.41) is 10.2. The van der Waals surface area contributed by atoms with Gasteiger partial charge in [-0.05, 0) is 28.1 Å². The number of carbonyl (C=O) groups excluding carboxylic acids is 1. The topological polar surface area (TPSA) is 58.6 Å². The van der Waals surface area contributed by atoms with Crippen LogP contribution in [0.1, 0.15) is 10.4 Å². The van der Waals surface area contributed by atoms with Crippen LogP contribution in [0.15, 0.2) is 16.6 Å². The van der Waals surface area contributed by atoms with Gasteiger partial charge in [-0.2, -0.15) is 15.4 Å². The van der Waals surface area contributed by atoms with Gasteiger partial charge in [0, 0.05) is 5.56 Å². The van der Waals surface area contributed by atoms with E-state index in [1.54, 1.807) is 12.1 Å². The van der Waals surface area contributed by atoms with Crippen LogP contribution >= 0.6 is 15.9 Å². The Morgan fingerprint density at radius 1 is 1.42 bits per heavy atom. The Kier molecular flexibility index (Phi) is 1.65. The van der Waals surface area contributed by atoms with Gasteiger partial charge in [0.15, 0.2) is 6.29 Å². The van der Waals surface area contributed by atoms with Crippen LogP contribution in [0.3, 0.4) is 0 Å². The zero-order valence-corrected chi connectivity index (χ0v) is 7.50. The van der Waals surface area contributed by atoms with Crippen molar-refractivity contribution < 1.29 is 4.79 Å². The van der Waals surface area contributed by atoms with Crippen LogP contribution in [0.2, 0.25) is 0 Å². The van der Waals surface area contributed by atoms with Gasteiger partial charge in [-0.1, -0.05) is 0 Å². The van der Waals surface area contributed by atoms with Crippen LogP contribution < -0.4 is 0 Å². The Labute approximate surface area is 76.1 Å². The number of hydrogen-bond acceptors (Lipinski definition) is 3. The predicted octanol–water partition coefficient (Wildman–Crippen LogP) is 1.53. The highest BCUT2D eigenvalue weighted by molar-refractivity contribution is 9.10. The zero-order chi connectivity index (χ0) is 8.55. The molecule has 0 saturated carbocycles. The first-order chi connectivity index (χ1) is 5.83. The number of hydrogen-bond donors (Lipinski definition) is 1. The lowest BCUT2D eigenvalue weighted by Crippen LogP contribution is -1.82. The molecule has 0 aliphatic heterocycles. The number of carbonyl (C=O) groups is 1. The van der Waals surface area contributed by atoms with Crippen molar-refractivity contribution in [3.05, 3.63) is 22.2 Å². The normalized spacial score (nSPS) is 10.4. The van der Waals surface area contributed by atoms with Gasteiger partial charge in [-0.25, -0.2) is 0 Å². The van der Waals surface area contributed by atoms with E-state index in [0.29, 0.717) is 15.6 Å². The molecule has 1 aromatic carbocycles. The van der Waals surface area contributed by atoms with Crippen molar-refractivity contribution in [3.63, 3.8) is 0 Å². The number of aromatic amines is 1. The van der Waals surface area contributed by atoms with Crippen molar-refractivity contribution in [1.29, 1.82) is 0 Å². The first kappa shape index (κ1) is 7.42. The molecular weight excluding hydrogens is 222 g/mol. The third-order valence-electron chi connectivity index (χ3n) is 1.58. The van der Waals surface area contributed by atoms with Gasteiger partial charge in [0.25, 0.3) is 0 Å². The summed E-state index contributed by atoms with van der Waals surface area (Å²) in [7, 11) is 0. The van der Waals surface area contributed by atoms with E-state index >= 15 is 0 Å². The number of halogens is 1. The second-order valence-corrected chi connectivity index (χ2v) is 3.07. The second-order valence-electron chi connectivity index (χ2n) is 2.28. The maximum atomic E-state index is 10.5. The Bertz CT molecular complexity index is 437. The van der Waals surface area contributed by atoms with E-state index in [4.69, 9.17) is 0 Å². The van der Waals surface area contributed by atoms with E-state index < -0.39 is 0 Å². The molecular formula is C7H4BrN3O. The minimum atomic E-state index is 0.580. The predicted molar refractivity (Wildman–Crippen MR) is 47.0 cm³/mol. The number of H-pyrrole nitrogens is 1. The highest BCUT2D eigenvalue weighted by Gasteiger charge is 2.06. The summed E-state index contributed by atoms with van der Waals surface area (Å²) in [6.07, 6.45) is 0.776. The number of aromatic nitrogens is 3. The van der Waals surface area contributed by atoms with Crippen LogP contribution in [0, 0.1) is 0 Å². The lowest BCUT2D eigenvalue weighted by Gasteiger charge is -1.93. The number of benzene rings is 1. The molecule has 2 rings (SSSR count). The van der Waals surface area contributed by atoms with Crippen molar-refractivity contribution in [2.75, 3.05) is 0 Å². The molecule has 0 spiro atoms. The molecule has 5 heteroatoms. The van der Waals surface area contributed by atoms with Crippen LogP contribution in [0.4, 0.5) is 0 Å². The molecule has 0 aliphatic rings. The number of aldehydes is 1. The summed E-state index contributed by atoms with van der Waals surface area (Å²) in [6.45, 7) is 0. The summed E-state index contributed by atoms with van der Waals surface area (Å²) in [6, 6.07) is 3.44. The first-order valence-corrected chi connectivity index (χ1v) is 4.06. The van der Waals surface area contributed by atoms with E-state index in [1.807, 2.05) is 0 Å². The quantitative estimate of drug-likeness (QED) is 0.750. The van der Waals surface area contributed by atoms with Crippen molar-refractivity contribution in [2.45, 2.75) is 0 Å². The van der Waals surface area contributed by atoms with E-state index in [2.05, 4.69) is 31.3 Å². The van der Waals surface area contributed by atoms with Crippen molar-refractivity contribution in [3.8, 4) is 0 Å². The summed E-state index contributed by atoms with van der Waals surface area (Å²) >= 11 is 3.27. The number of fused-ring (bicyclic) bond motifs is 1. The summed E-state index contributed by atoms with van der Waals surface area (Å²) in [5.41, 5.74) is 2.00. The summed E-state index contributed by atoms with van der Waals surface area (Å²) < 4.78 is 0.684. The molecule has 0 unspecified atom stereocenters. The van der Waals surface area contributed by atoms with Gasteiger partial charge in [-0.3, -0.25) is 4.79 Å². The second kappa shape index (κ2) is 2.67. The standard InChI is InChI=1S/C7H4BrN3O/c8-6-4(3-12)1-2-5-7(6)10-11-9-5/h1-3H,(H,9,10,11). The Balaban J connectivity index is 2.86. The molecule has 60 valence electrons. The van der Waals surface area contributed by atoms with E-state index in [0.717, 1.165) is 11.8 Å². The van der Waals surface area contributed by atoms with Gasteiger partial charge in [-0.15, -0.1) is 0 Å². The maximum Gasteiger partial charge on any atom is 0.151 e. The zero-order valence-electron chi connectivity index (χ0n) is 5.91. The third kappa shape index (κ3) is 0.937. The lowest BCUT2D eigenvalue weighted by atomic mass is 10.2. The molecule has 0 fully saturated rings. The fourth-order valence-corrected chi connectivity index (χ4v) is 1.50. The highest BCUT2D eigenvalue weighted by Crippen LogP contribution is 2.23. The molecule has 0 saturated heterocycles. The smallest absolute Gasteiger partial charge is 0.151 e. The van der Waals surface area contributed by atoms with Crippen molar-refractivity contribution in [1.82, 2.24) is 15.4 Å². The minimum Gasteiger partial charge on any atom is -0.298 e. The molecule has 0 amide bonds. The number of rotatable bonds is 1. The van der Waals surface area contributed by atoms with E-state index in [-0.39, 0.29) is 0 Å². The van der Waals surface area contributed by atoms with Crippen LogP contribution in [-0.2, 0) is 0 Å². The average Bonchev–Trinajstić information content (AvgIpc) is 2.53. The average molecular weight is 226 g/mol. The molecule has 1 heterocycles. The number of nitrogens with one attached hydrogen (secondary N) is 1. The fraction of sp³-hybridized carbons (Fsp3) is 0. The van der Waals surface area contributed by atoms with Gasteiger partial charge in [0.1, 0.15) is 11.0 Å². The Morgan fingerprint density at radius 2 is 2.25 bits per heavy atom. The van der Waals surface area contributed by atoms with E-state index in [9.17, 15) is 4.79 Å². The Hall–Kier alpha value is -1.23. The maximum absolute atomic E-state index is 10.5. The molecule has 0 radical (unpaired) electrons. The molecule has 4 nitrogen and oxygen atoms in total. The SMILES string of the molecule is O=Cc1ccc2n[nH]nc2c1Br. The molecule has 0 bridgehead atoms. The van der Waals surface area contributed by atoms with Crippen molar-refractivity contribution >= 4 is 33.2 Å². The fourth-order valence-electron chi connectivity index (χ4n) is 0.986. The highest BCUT2D eigenvalue weighted by atomic mass is 79.9. The van der Waals surface area contributed by atoms with Gasteiger partial charge < -0.3 is 0 Å². The third-order valence-corrected chi connectivity index (χ3v) is 2.42. The summed E-state index contributed by atoms with van der Waals surface area (Å²) in [4.78, 5) is 10.5. The van der Waals surface area contributed by atoms with Crippen LogP contribution in [0.5, 0.6) is 0 Å².